The molecule has 20 heavy (non-hydrogen) atoms. The lowest BCUT2D eigenvalue weighted by Gasteiger charge is -2.15. The van der Waals surface area contributed by atoms with Gasteiger partial charge in [-0.15, -0.1) is 0 Å². The summed E-state index contributed by atoms with van der Waals surface area (Å²) in [5.41, 5.74) is -0.109. The minimum atomic E-state index is -0.381. The standard InChI is InChI=1S/C13H14N4O3/c18-12(10-7-15-13(19)16-10)17-6-4-9(8-17)20-11-3-1-2-5-14-11/h1-3,5,7,9H,4,6,8H2,(H2,15,16,19). The zero-order chi connectivity index (χ0) is 13.9. The molecule has 1 amide bonds. The van der Waals surface area contributed by atoms with Gasteiger partial charge in [-0.3, -0.25) is 4.79 Å². The zero-order valence-corrected chi connectivity index (χ0v) is 10.7. The Labute approximate surface area is 114 Å². The fourth-order valence-corrected chi connectivity index (χ4v) is 2.21. The van der Waals surface area contributed by atoms with Gasteiger partial charge < -0.3 is 19.6 Å². The number of rotatable bonds is 3. The predicted octanol–water partition coefficient (Wildman–Crippen LogP) is 0.391. The molecule has 7 nitrogen and oxygen atoms in total. The fourth-order valence-electron chi connectivity index (χ4n) is 2.21. The third-order valence-electron chi connectivity index (χ3n) is 3.18. The first-order valence-corrected chi connectivity index (χ1v) is 6.37. The summed E-state index contributed by atoms with van der Waals surface area (Å²) in [6, 6.07) is 5.46. The van der Waals surface area contributed by atoms with Gasteiger partial charge >= 0.3 is 5.69 Å². The van der Waals surface area contributed by atoms with Crippen molar-refractivity contribution in [1.29, 1.82) is 0 Å². The third-order valence-corrected chi connectivity index (χ3v) is 3.18. The van der Waals surface area contributed by atoms with Gasteiger partial charge in [0.2, 0.25) is 5.88 Å². The molecule has 1 aliphatic rings. The highest BCUT2D eigenvalue weighted by Gasteiger charge is 2.29. The number of hydrogen-bond donors (Lipinski definition) is 2. The summed E-state index contributed by atoms with van der Waals surface area (Å²) in [7, 11) is 0. The summed E-state index contributed by atoms with van der Waals surface area (Å²) in [6.45, 7) is 1.09. The van der Waals surface area contributed by atoms with E-state index < -0.39 is 0 Å². The SMILES string of the molecule is O=C(c1c[nH]c(=O)[nH]1)N1CCC(Oc2ccccn2)C1. The molecule has 7 heteroatoms. The van der Waals surface area contributed by atoms with Crippen LogP contribution in [0.1, 0.15) is 16.9 Å². The Morgan fingerprint density at radius 1 is 1.45 bits per heavy atom. The van der Waals surface area contributed by atoms with Gasteiger partial charge in [0.1, 0.15) is 11.8 Å². The summed E-state index contributed by atoms with van der Waals surface area (Å²) in [4.78, 5) is 33.8. The number of likely N-dealkylation sites (tertiary alicyclic amines) is 1. The van der Waals surface area contributed by atoms with Gasteiger partial charge in [-0.2, -0.15) is 0 Å². The number of nitrogens with one attached hydrogen (secondary N) is 2. The van der Waals surface area contributed by atoms with E-state index in [1.54, 1.807) is 17.2 Å². The molecule has 0 bridgehead atoms. The first-order valence-electron chi connectivity index (χ1n) is 6.37. The van der Waals surface area contributed by atoms with E-state index in [4.69, 9.17) is 4.74 Å². The first kappa shape index (κ1) is 12.5. The Kier molecular flexibility index (Phi) is 3.24. The molecule has 1 saturated heterocycles. The van der Waals surface area contributed by atoms with Gasteiger partial charge in [0.05, 0.1) is 6.54 Å². The second kappa shape index (κ2) is 5.20. The lowest BCUT2D eigenvalue weighted by atomic mass is 10.3. The fraction of sp³-hybridized carbons (Fsp3) is 0.308. The number of nitrogens with zero attached hydrogens (tertiary/aromatic N) is 2. The van der Waals surface area contributed by atoms with Crippen LogP contribution in [0.5, 0.6) is 5.88 Å². The number of ether oxygens (including phenoxy) is 1. The van der Waals surface area contributed by atoms with Crippen LogP contribution in [0.2, 0.25) is 0 Å². The van der Waals surface area contributed by atoms with Crippen molar-refractivity contribution >= 4 is 5.91 Å². The molecular weight excluding hydrogens is 260 g/mol. The van der Waals surface area contributed by atoms with E-state index in [9.17, 15) is 9.59 Å². The Morgan fingerprint density at radius 2 is 2.35 bits per heavy atom. The number of hydrogen-bond acceptors (Lipinski definition) is 4. The molecule has 0 aromatic carbocycles. The molecule has 2 aromatic heterocycles. The highest BCUT2D eigenvalue weighted by Crippen LogP contribution is 2.17. The number of aromatic amines is 2. The minimum absolute atomic E-state index is 0.0699. The van der Waals surface area contributed by atoms with Crippen molar-refractivity contribution in [3.63, 3.8) is 0 Å². The molecule has 0 aliphatic carbocycles. The van der Waals surface area contributed by atoms with Crippen molar-refractivity contribution < 1.29 is 9.53 Å². The van der Waals surface area contributed by atoms with Crippen LogP contribution in [0.25, 0.3) is 0 Å². The number of imidazole rings is 1. The van der Waals surface area contributed by atoms with Gasteiger partial charge in [0.15, 0.2) is 0 Å². The maximum absolute atomic E-state index is 12.1. The molecular formula is C13H14N4O3. The third kappa shape index (κ3) is 2.56. The molecule has 0 spiro atoms. The van der Waals surface area contributed by atoms with Crippen molar-refractivity contribution in [3.8, 4) is 5.88 Å². The molecule has 2 N–H and O–H groups in total. The maximum atomic E-state index is 12.1. The van der Waals surface area contributed by atoms with Crippen LogP contribution in [0, 0.1) is 0 Å². The molecule has 1 fully saturated rings. The van der Waals surface area contributed by atoms with Crippen LogP contribution in [0.4, 0.5) is 0 Å². The van der Waals surface area contributed by atoms with Gasteiger partial charge in [0, 0.05) is 31.4 Å². The van der Waals surface area contributed by atoms with Crippen molar-refractivity contribution in [3.05, 3.63) is 46.8 Å². The average molecular weight is 274 g/mol. The molecule has 1 unspecified atom stereocenters. The van der Waals surface area contributed by atoms with Gasteiger partial charge in [-0.05, 0) is 6.07 Å². The van der Waals surface area contributed by atoms with E-state index in [2.05, 4.69) is 15.0 Å². The van der Waals surface area contributed by atoms with Crippen molar-refractivity contribution in [1.82, 2.24) is 19.9 Å². The van der Waals surface area contributed by atoms with Crippen LogP contribution < -0.4 is 10.4 Å². The second-order valence-corrected chi connectivity index (χ2v) is 4.60. The van der Waals surface area contributed by atoms with Gasteiger partial charge in [-0.1, -0.05) is 6.07 Å². The Morgan fingerprint density at radius 3 is 3.05 bits per heavy atom. The zero-order valence-electron chi connectivity index (χ0n) is 10.7. The average Bonchev–Trinajstić information content (AvgIpc) is 3.08. The van der Waals surface area contributed by atoms with Crippen LogP contribution >= 0.6 is 0 Å². The molecule has 1 aliphatic heterocycles. The highest BCUT2D eigenvalue weighted by molar-refractivity contribution is 5.92. The van der Waals surface area contributed by atoms with Crippen molar-refractivity contribution in [2.75, 3.05) is 13.1 Å². The monoisotopic (exact) mass is 274 g/mol. The van der Waals surface area contributed by atoms with Crippen LogP contribution in [0.3, 0.4) is 0 Å². The molecule has 1 atom stereocenters. The highest BCUT2D eigenvalue weighted by atomic mass is 16.5. The molecule has 104 valence electrons. The molecule has 0 saturated carbocycles. The number of carbonyl (C=O) groups excluding carboxylic acids is 1. The summed E-state index contributed by atoms with van der Waals surface area (Å²) in [5.74, 6) is 0.359. The lowest BCUT2D eigenvalue weighted by Crippen LogP contribution is -2.31. The number of H-pyrrole nitrogens is 2. The van der Waals surface area contributed by atoms with Crippen LogP contribution in [-0.4, -0.2) is 45.0 Å². The van der Waals surface area contributed by atoms with Crippen LogP contribution in [-0.2, 0) is 0 Å². The van der Waals surface area contributed by atoms with E-state index in [1.165, 1.54) is 6.20 Å². The van der Waals surface area contributed by atoms with Gasteiger partial charge in [-0.25, -0.2) is 9.78 Å². The molecule has 3 rings (SSSR count). The van der Waals surface area contributed by atoms with Crippen molar-refractivity contribution in [2.45, 2.75) is 12.5 Å². The normalized spacial score (nSPS) is 18.2. The predicted molar refractivity (Wildman–Crippen MR) is 70.6 cm³/mol. The summed E-state index contributed by atoms with van der Waals surface area (Å²) in [5, 5.41) is 0. The first-order chi connectivity index (χ1) is 9.72. The van der Waals surface area contributed by atoms with Crippen LogP contribution in [0.15, 0.2) is 35.4 Å². The second-order valence-electron chi connectivity index (χ2n) is 4.60. The Hall–Kier alpha value is -2.57. The quantitative estimate of drug-likeness (QED) is 0.847. The molecule has 2 aromatic rings. The van der Waals surface area contributed by atoms with Gasteiger partial charge in [0.25, 0.3) is 5.91 Å². The number of amides is 1. The smallest absolute Gasteiger partial charge is 0.323 e. The topological polar surface area (TPSA) is 91.1 Å². The minimum Gasteiger partial charge on any atom is -0.472 e. The van der Waals surface area contributed by atoms with E-state index >= 15 is 0 Å². The summed E-state index contributed by atoms with van der Waals surface area (Å²) >= 11 is 0. The largest absolute Gasteiger partial charge is 0.472 e. The Bertz CT molecular complexity index is 649. The number of pyridine rings is 1. The Balaban J connectivity index is 1.62. The number of carbonyl (C=O) groups is 1. The van der Waals surface area contributed by atoms with Crippen molar-refractivity contribution in [2.24, 2.45) is 0 Å². The van der Waals surface area contributed by atoms with E-state index in [-0.39, 0.29) is 23.4 Å². The molecule has 0 radical (unpaired) electrons. The maximum Gasteiger partial charge on any atom is 0.323 e. The molecule has 3 heterocycles. The number of aromatic nitrogens is 3. The lowest BCUT2D eigenvalue weighted by molar-refractivity contribution is 0.0766. The summed E-state index contributed by atoms with van der Waals surface area (Å²) < 4.78 is 5.71. The van der Waals surface area contributed by atoms with E-state index in [1.807, 2.05) is 12.1 Å². The summed E-state index contributed by atoms with van der Waals surface area (Å²) in [6.07, 6.45) is 3.73. The van der Waals surface area contributed by atoms with E-state index in [0.717, 1.165) is 6.42 Å². The van der Waals surface area contributed by atoms with E-state index in [0.29, 0.717) is 19.0 Å².